The number of fused-ring (bicyclic) bond motifs is 1. The highest BCUT2D eigenvalue weighted by molar-refractivity contribution is 7.99. The Hall–Kier alpha value is -3.18. The van der Waals surface area contributed by atoms with E-state index < -0.39 is 23.5 Å². The summed E-state index contributed by atoms with van der Waals surface area (Å²) in [4.78, 5) is 30.0. The lowest BCUT2D eigenvalue weighted by Crippen LogP contribution is -2.23. The summed E-state index contributed by atoms with van der Waals surface area (Å²) in [6.07, 6.45) is -4.47. The SMILES string of the molecule is Cc1cc(F)ccc1-n1c(SCC(=O)Nc2ccc(C(F)(F)F)cc2)nc2ccsc2c1=O. The zero-order valence-electron chi connectivity index (χ0n) is 16.9. The molecule has 0 atom stereocenters. The molecule has 170 valence electrons. The number of carbonyl (C=O) groups excluding carboxylic acids is 1. The molecule has 11 heteroatoms. The molecule has 1 amide bonds. The van der Waals surface area contributed by atoms with Crippen LogP contribution in [0.3, 0.4) is 0 Å². The van der Waals surface area contributed by atoms with Crippen molar-refractivity contribution in [1.29, 1.82) is 0 Å². The monoisotopic (exact) mass is 493 g/mol. The van der Waals surface area contributed by atoms with E-state index >= 15 is 0 Å². The molecule has 0 saturated carbocycles. The number of nitrogens with one attached hydrogen (secondary N) is 1. The zero-order valence-corrected chi connectivity index (χ0v) is 18.6. The molecule has 0 radical (unpaired) electrons. The van der Waals surface area contributed by atoms with Crippen molar-refractivity contribution in [2.75, 3.05) is 11.1 Å². The Morgan fingerprint density at radius 1 is 1.15 bits per heavy atom. The van der Waals surface area contributed by atoms with Crippen molar-refractivity contribution >= 4 is 44.9 Å². The Labute approximate surface area is 193 Å². The molecule has 2 aromatic heterocycles. The summed E-state index contributed by atoms with van der Waals surface area (Å²) < 4.78 is 53.4. The molecule has 0 aliphatic rings. The Morgan fingerprint density at radius 2 is 1.88 bits per heavy atom. The van der Waals surface area contributed by atoms with Crippen molar-refractivity contribution in [3.8, 4) is 5.69 Å². The van der Waals surface area contributed by atoms with E-state index in [9.17, 15) is 27.2 Å². The van der Waals surface area contributed by atoms with Crippen molar-refractivity contribution in [1.82, 2.24) is 9.55 Å². The first-order chi connectivity index (χ1) is 15.6. The average molecular weight is 494 g/mol. The number of halogens is 4. The minimum atomic E-state index is -4.47. The highest BCUT2D eigenvalue weighted by Crippen LogP contribution is 2.30. The van der Waals surface area contributed by atoms with Gasteiger partial charge in [-0.05, 0) is 66.4 Å². The predicted octanol–water partition coefficient (Wildman–Crippen LogP) is 5.64. The van der Waals surface area contributed by atoms with Gasteiger partial charge in [0.25, 0.3) is 5.56 Å². The molecule has 0 unspecified atom stereocenters. The number of hydrogen-bond donors (Lipinski definition) is 1. The molecule has 0 spiro atoms. The van der Waals surface area contributed by atoms with Gasteiger partial charge in [-0.15, -0.1) is 11.3 Å². The number of thioether (sulfide) groups is 1. The maximum Gasteiger partial charge on any atom is 0.416 e. The Bertz CT molecular complexity index is 1400. The minimum absolute atomic E-state index is 0.149. The molecule has 2 heterocycles. The van der Waals surface area contributed by atoms with Crippen molar-refractivity contribution in [2.24, 2.45) is 0 Å². The molecule has 0 aliphatic carbocycles. The minimum Gasteiger partial charge on any atom is -0.325 e. The number of amides is 1. The number of alkyl halides is 3. The van der Waals surface area contributed by atoms with Gasteiger partial charge in [0.1, 0.15) is 10.5 Å². The molecule has 1 N–H and O–H groups in total. The molecule has 33 heavy (non-hydrogen) atoms. The zero-order chi connectivity index (χ0) is 23.8. The number of aromatic nitrogens is 2. The molecule has 2 aromatic carbocycles. The predicted molar refractivity (Wildman–Crippen MR) is 121 cm³/mol. The van der Waals surface area contributed by atoms with Crippen molar-refractivity contribution in [3.05, 3.63) is 81.2 Å². The van der Waals surface area contributed by atoms with E-state index in [0.29, 0.717) is 21.5 Å². The number of thiophene rings is 1. The van der Waals surface area contributed by atoms with Gasteiger partial charge in [0, 0.05) is 5.69 Å². The van der Waals surface area contributed by atoms with E-state index in [4.69, 9.17) is 0 Å². The molecule has 0 aliphatic heterocycles. The highest BCUT2D eigenvalue weighted by Gasteiger charge is 2.30. The van der Waals surface area contributed by atoms with E-state index in [0.717, 1.165) is 23.9 Å². The summed E-state index contributed by atoms with van der Waals surface area (Å²) in [5.74, 6) is -1.08. The summed E-state index contributed by atoms with van der Waals surface area (Å²) in [5, 5.41) is 4.49. The van der Waals surface area contributed by atoms with E-state index in [1.165, 1.54) is 46.2 Å². The van der Waals surface area contributed by atoms with Crippen LogP contribution in [0.5, 0.6) is 0 Å². The quantitative estimate of drug-likeness (QED) is 0.222. The Morgan fingerprint density at radius 3 is 2.55 bits per heavy atom. The van der Waals surface area contributed by atoms with Crippen LogP contribution in [0.15, 0.2) is 63.9 Å². The number of nitrogens with zero attached hydrogens (tertiary/aromatic N) is 2. The van der Waals surface area contributed by atoms with E-state index in [1.807, 2.05) is 0 Å². The molecule has 5 nitrogen and oxygen atoms in total. The number of aryl methyl sites for hydroxylation is 1. The smallest absolute Gasteiger partial charge is 0.325 e. The summed E-state index contributed by atoms with van der Waals surface area (Å²) >= 11 is 2.22. The fourth-order valence-electron chi connectivity index (χ4n) is 3.14. The molecule has 0 fully saturated rings. The summed E-state index contributed by atoms with van der Waals surface area (Å²) in [6.45, 7) is 1.66. The van der Waals surface area contributed by atoms with E-state index in [1.54, 1.807) is 18.4 Å². The number of hydrogen-bond acceptors (Lipinski definition) is 5. The highest BCUT2D eigenvalue weighted by atomic mass is 32.2. The van der Waals surface area contributed by atoms with E-state index in [2.05, 4.69) is 10.3 Å². The second kappa shape index (κ2) is 8.99. The molecule has 4 aromatic rings. The van der Waals surface area contributed by atoms with Crippen LogP contribution in [-0.2, 0) is 11.0 Å². The number of anilines is 1. The summed E-state index contributed by atoms with van der Waals surface area (Å²) in [5.41, 5.74) is 0.492. The lowest BCUT2D eigenvalue weighted by Gasteiger charge is -2.14. The Kier molecular flexibility index (Phi) is 6.26. The van der Waals surface area contributed by atoms with Gasteiger partial charge in [0.15, 0.2) is 5.16 Å². The third-order valence-electron chi connectivity index (χ3n) is 4.68. The largest absolute Gasteiger partial charge is 0.416 e. The van der Waals surface area contributed by atoms with Gasteiger partial charge in [0.05, 0.1) is 22.5 Å². The van der Waals surface area contributed by atoms with Crippen LogP contribution in [0, 0.1) is 12.7 Å². The maximum absolute atomic E-state index is 13.6. The van der Waals surface area contributed by atoms with Crippen molar-refractivity contribution < 1.29 is 22.4 Å². The van der Waals surface area contributed by atoms with Gasteiger partial charge >= 0.3 is 6.18 Å². The number of rotatable bonds is 5. The van der Waals surface area contributed by atoms with Gasteiger partial charge in [-0.25, -0.2) is 9.37 Å². The van der Waals surface area contributed by atoms with Crippen molar-refractivity contribution in [2.45, 2.75) is 18.3 Å². The van der Waals surface area contributed by atoms with Crippen LogP contribution in [-0.4, -0.2) is 21.2 Å². The second-order valence-electron chi connectivity index (χ2n) is 7.01. The van der Waals surface area contributed by atoms with Crippen LogP contribution < -0.4 is 10.9 Å². The number of benzene rings is 2. The fourth-order valence-corrected chi connectivity index (χ4v) is 4.71. The first-order valence-corrected chi connectivity index (χ1v) is 11.4. The fraction of sp³-hybridized carbons (Fsp3) is 0.136. The van der Waals surface area contributed by atoms with Crippen LogP contribution in [0.1, 0.15) is 11.1 Å². The molecule has 0 saturated heterocycles. The van der Waals surface area contributed by atoms with Crippen LogP contribution in [0.4, 0.5) is 23.2 Å². The van der Waals surface area contributed by atoms with Gasteiger partial charge in [-0.2, -0.15) is 13.2 Å². The molecular weight excluding hydrogens is 478 g/mol. The topological polar surface area (TPSA) is 64.0 Å². The van der Waals surface area contributed by atoms with Gasteiger partial charge in [-0.3, -0.25) is 14.2 Å². The van der Waals surface area contributed by atoms with Crippen LogP contribution in [0.25, 0.3) is 15.9 Å². The first kappa shape index (κ1) is 23.0. The number of carbonyl (C=O) groups is 1. The normalized spacial score (nSPS) is 11.7. The lowest BCUT2D eigenvalue weighted by molar-refractivity contribution is -0.137. The maximum atomic E-state index is 13.6. The molecule has 0 bridgehead atoms. The molecular formula is C22H15F4N3O2S2. The third-order valence-corrected chi connectivity index (χ3v) is 6.51. The lowest BCUT2D eigenvalue weighted by atomic mass is 10.2. The Balaban J connectivity index is 1.59. The standard InChI is InChI=1S/C22H15F4N3O2S2/c1-12-10-14(23)4-7-17(12)29-20(31)19-16(8-9-32-19)28-21(29)33-11-18(30)27-15-5-2-13(3-6-15)22(24,25)26/h2-10H,11H2,1H3,(H,27,30). The average Bonchev–Trinajstić information content (AvgIpc) is 3.22. The van der Waals surface area contributed by atoms with Crippen molar-refractivity contribution in [3.63, 3.8) is 0 Å². The second-order valence-corrected chi connectivity index (χ2v) is 8.87. The van der Waals surface area contributed by atoms with Crippen LogP contribution >= 0.6 is 23.1 Å². The molecule has 4 rings (SSSR count). The third kappa shape index (κ3) is 4.93. The van der Waals surface area contributed by atoms with Gasteiger partial charge in [-0.1, -0.05) is 11.8 Å². The first-order valence-electron chi connectivity index (χ1n) is 9.50. The van der Waals surface area contributed by atoms with E-state index in [-0.39, 0.29) is 22.2 Å². The van der Waals surface area contributed by atoms with Gasteiger partial charge < -0.3 is 5.32 Å². The summed E-state index contributed by atoms with van der Waals surface area (Å²) in [7, 11) is 0. The van der Waals surface area contributed by atoms with Gasteiger partial charge in [0.2, 0.25) is 5.91 Å². The summed E-state index contributed by atoms with van der Waals surface area (Å²) in [6, 6.07) is 9.78. The van der Waals surface area contributed by atoms with Crippen LogP contribution in [0.2, 0.25) is 0 Å².